The third kappa shape index (κ3) is 5.72. The van der Waals surface area contributed by atoms with Crippen molar-refractivity contribution in [2.45, 2.75) is 24.5 Å². The molecule has 2 heterocycles. The number of alkyl halides is 6. The summed E-state index contributed by atoms with van der Waals surface area (Å²) in [5.74, 6) is 0.749. The summed E-state index contributed by atoms with van der Waals surface area (Å²) >= 11 is 0. The average molecular weight is 501 g/mol. The molecule has 5 nitrogen and oxygen atoms in total. The highest BCUT2D eigenvalue weighted by Crippen LogP contribution is 2.37. The number of aliphatic imine (C=N–C) groups is 1. The van der Waals surface area contributed by atoms with E-state index >= 15 is 0 Å². The van der Waals surface area contributed by atoms with Crippen LogP contribution < -0.4 is 0 Å². The molecule has 35 heavy (non-hydrogen) atoms. The van der Waals surface area contributed by atoms with Crippen molar-refractivity contribution < 1.29 is 35.8 Å². The van der Waals surface area contributed by atoms with Crippen molar-refractivity contribution in [3.63, 3.8) is 0 Å². The number of rotatable bonds is 5. The maximum Gasteiger partial charge on any atom is 0.416 e. The van der Waals surface area contributed by atoms with Crippen molar-refractivity contribution in [2.24, 2.45) is 4.99 Å². The van der Waals surface area contributed by atoms with Crippen molar-refractivity contribution in [3.8, 4) is 0 Å². The number of likely N-dealkylation sites (N-methyl/N-ethyl adjacent to an activating group) is 1. The molecule has 0 radical (unpaired) electrons. The van der Waals surface area contributed by atoms with Gasteiger partial charge >= 0.3 is 12.4 Å². The van der Waals surface area contributed by atoms with Gasteiger partial charge in [-0.2, -0.15) is 26.3 Å². The molecule has 1 saturated heterocycles. The number of halogens is 6. The Labute approximate surface area is 198 Å². The number of nitrogens with zero attached hydrogens (tertiary/aromatic N) is 3. The van der Waals surface area contributed by atoms with Crippen LogP contribution in [0, 0.1) is 0 Å². The lowest BCUT2D eigenvalue weighted by Gasteiger charge is -2.31. The van der Waals surface area contributed by atoms with E-state index in [-0.39, 0.29) is 18.2 Å². The summed E-state index contributed by atoms with van der Waals surface area (Å²) in [6, 6.07) is 10.8. The van der Waals surface area contributed by atoms with Crippen LogP contribution in [-0.2, 0) is 34.0 Å². The smallest absolute Gasteiger partial charge is 0.378 e. The molecule has 1 atom stereocenters. The van der Waals surface area contributed by atoms with Gasteiger partial charge in [-0.3, -0.25) is 0 Å². The fourth-order valence-corrected chi connectivity index (χ4v) is 4.36. The lowest BCUT2D eigenvalue weighted by molar-refractivity contribution is -0.143. The summed E-state index contributed by atoms with van der Waals surface area (Å²) in [4.78, 5) is 9.04. The second kappa shape index (κ2) is 9.69. The van der Waals surface area contributed by atoms with Crippen molar-refractivity contribution in [2.75, 3.05) is 46.5 Å². The quantitative estimate of drug-likeness (QED) is 0.554. The summed E-state index contributed by atoms with van der Waals surface area (Å²) in [5, 5.41) is 0. The largest absolute Gasteiger partial charge is 0.416 e. The zero-order valence-electron chi connectivity index (χ0n) is 19.0. The van der Waals surface area contributed by atoms with Gasteiger partial charge in [-0.25, -0.2) is 4.99 Å². The van der Waals surface area contributed by atoms with Crippen LogP contribution in [0.3, 0.4) is 0 Å². The molecule has 190 valence electrons. The van der Waals surface area contributed by atoms with E-state index in [1.807, 2.05) is 42.3 Å². The van der Waals surface area contributed by atoms with Gasteiger partial charge in [-0.15, -0.1) is 0 Å². The van der Waals surface area contributed by atoms with Crippen molar-refractivity contribution >= 4 is 5.96 Å². The van der Waals surface area contributed by atoms with Gasteiger partial charge in [0.05, 0.1) is 44.1 Å². The molecule has 1 unspecified atom stereocenters. The van der Waals surface area contributed by atoms with Crippen molar-refractivity contribution in [1.82, 2.24) is 9.80 Å². The maximum absolute atomic E-state index is 13.2. The van der Waals surface area contributed by atoms with Crippen molar-refractivity contribution in [1.29, 1.82) is 0 Å². The van der Waals surface area contributed by atoms with E-state index in [1.54, 1.807) is 0 Å². The van der Waals surface area contributed by atoms with E-state index in [1.165, 1.54) is 0 Å². The van der Waals surface area contributed by atoms with Crippen LogP contribution in [0.25, 0.3) is 0 Å². The molecular weight excluding hydrogens is 476 g/mol. The summed E-state index contributed by atoms with van der Waals surface area (Å²) in [7, 11) is 1.89. The lowest BCUT2D eigenvalue weighted by atomic mass is 9.92. The molecule has 0 saturated carbocycles. The van der Waals surface area contributed by atoms with Crippen LogP contribution in [-0.4, -0.2) is 62.3 Å². The SMILES string of the molecule is CN1CC(COCc2cc(C(F)(F)F)cc(C(F)(F)F)c2)(c2ccccc2)N=C1N1CCOCC1. The van der Waals surface area contributed by atoms with E-state index in [4.69, 9.17) is 14.5 Å². The summed E-state index contributed by atoms with van der Waals surface area (Å²) < 4.78 is 90.4. The second-order valence-electron chi connectivity index (χ2n) is 8.67. The number of benzene rings is 2. The third-order valence-electron chi connectivity index (χ3n) is 6.02. The Morgan fingerprint density at radius 1 is 0.943 bits per heavy atom. The highest BCUT2D eigenvalue weighted by atomic mass is 19.4. The zero-order chi connectivity index (χ0) is 25.3. The first-order chi connectivity index (χ1) is 16.5. The molecule has 0 N–H and O–H groups in total. The summed E-state index contributed by atoms with van der Waals surface area (Å²) in [5.41, 5.74) is -2.96. The predicted molar refractivity (Wildman–Crippen MR) is 117 cm³/mol. The molecule has 2 aliphatic heterocycles. The molecule has 4 rings (SSSR count). The van der Waals surface area contributed by atoms with Crippen LogP contribution in [0.4, 0.5) is 26.3 Å². The Hall–Kier alpha value is -2.79. The first-order valence-electron chi connectivity index (χ1n) is 11.0. The van der Waals surface area contributed by atoms with Gasteiger partial charge in [0, 0.05) is 20.1 Å². The molecule has 0 aliphatic carbocycles. The van der Waals surface area contributed by atoms with Gasteiger partial charge in [0.25, 0.3) is 0 Å². The van der Waals surface area contributed by atoms with Gasteiger partial charge < -0.3 is 19.3 Å². The van der Waals surface area contributed by atoms with Crippen LogP contribution >= 0.6 is 0 Å². The van der Waals surface area contributed by atoms with Gasteiger partial charge in [0.1, 0.15) is 5.54 Å². The highest BCUT2D eigenvalue weighted by Gasteiger charge is 2.42. The minimum Gasteiger partial charge on any atom is -0.378 e. The van der Waals surface area contributed by atoms with Crippen LogP contribution in [0.15, 0.2) is 53.5 Å². The van der Waals surface area contributed by atoms with E-state index in [0.29, 0.717) is 45.0 Å². The normalized spacial score (nSPS) is 21.4. The highest BCUT2D eigenvalue weighted by molar-refractivity contribution is 5.82. The molecule has 1 fully saturated rings. The van der Waals surface area contributed by atoms with E-state index in [2.05, 4.69) is 4.90 Å². The van der Waals surface area contributed by atoms with Crippen molar-refractivity contribution in [3.05, 3.63) is 70.8 Å². The van der Waals surface area contributed by atoms with E-state index in [9.17, 15) is 26.3 Å². The fourth-order valence-electron chi connectivity index (χ4n) is 4.36. The molecule has 0 spiro atoms. The fraction of sp³-hybridized carbons (Fsp3) is 0.458. The molecule has 0 aromatic heterocycles. The van der Waals surface area contributed by atoms with E-state index in [0.717, 1.165) is 11.5 Å². The van der Waals surface area contributed by atoms with Gasteiger partial charge in [0.15, 0.2) is 5.96 Å². The average Bonchev–Trinajstić information content (AvgIpc) is 3.16. The number of ether oxygens (including phenoxy) is 2. The summed E-state index contributed by atoms with van der Waals surface area (Å²) in [6.07, 6.45) is -9.82. The molecule has 2 aliphatic rings. The molecule has 0 amide bonds. The predicted octanol–water partition coefficient (Wildman–Crippen LogP) is 4.77. The van der Waals surface area contributed by atoms with Gasteiger partial charge in [-0.05, 0) is 29.3 Å². The van der Waals surface area contributed by atoms with Crippen LogP contribution in [0.5, 0.6) is 0 Å². The standard InChI is InChI=1S/C24H25F6N3O2/c1-32-15-22(18-5-3-2-4-6-18,31-21(32)33-7-9-34-10-8-33)16-35-14-17-11-19(23(25,26)27)13-20(12-17)24(28,29)30/h2-6,11-13H,7-10,14-16H2,1H3. The Morgan fingerprint density at radius 3 is 2.11 bits per heavy atom. The monoisotopic (exact) mass is 501 g/mol. The second-order valence-corrected chi connectivity index (χ2v) is 8.67. The minimum atomic E-state index is -4.91. The van der Waals surface area contributed by atoms with Gasteiger partial charge in [0.2, 0.25) is 0 Å². The number of hydrogen-bond acceptors (Lipinski definition) is 5. The van der Waals surface area contributed by atoms with Crippen LogP contribution in [0.1, 0.15) is 22.3 Å². The zero-order valence-corrected chi connectivity index (χ0v) is 19.0. The third-order valence-corrected chi connectivity index (χ3v) is 6.02. The molecule has 11 heteroatoms. The molecular formula is C24H25F6N3O2. The number of hydrogen-bond donors (Lipinski definition) is 0. The molecule has 2 aromatic rings. The summed E-state index contributed by atoms with van der Waals surface area (Å²) in [6.45, 7) is 2.47. The Kier molecular flexibility index (Phi) is 7.01. The van der Waals surface area contributed by atoms with Gasteiger partial charge in [-0.1, -0.05) is 30.3 Å². The Balaban J connectivity index is 1.59. The minimum absolute atomic E-state index is 0.0210. The Bertz CT molecular complexity index is 1020. The van der Waals surface area contributed by atoms with E-state index < -0.39 is 35.6 Å². The first kappa shape index (κ1) is 25.3. The maximum atomic E-state index is 13.2. The lowest BCUT2D eigenvalue weighted by Crippen LogP contribution is -2.46. The topological polar surface area (TPSA) is 37.3 Å². The number of morpholine rings is 1. The molecule has 2 aromatic carbocycles. The number of guanidine groups is 1. The van der Waals surface area contributed by atoms with Crippen LogP contribution in [0.2, 0.25) is 0 Å². The Morgan fingerprint density at radius 2 is 1.54 bits per heavy atom. The molecule has 0 bridgehead atoms. The first-order valence-corrected chi connectivity index (χ1v) is 11.0.